The number of rotatable bonds is 6. The summed E-state index contributed by atoms with van der Waals surface area (Å²) in [6.45, 7) is 4.27. The van der Waals surface area contributed by atoms with Gasteiger partial charge in [0.25, 0.3) is 5.91 Å². The minimum Gasteiger partial charge on any atom is -0.488 e. The highest BCUT2D eigenvalue weighted by molar-refractivity contribution is 5.95. The van der Waals surface area contributed by atoms with Crippen LogP contribution in [0.25, 0.3) is 0 Å². The lowest BCUT2D eigenvalue weighted by Crippen LogP contribution is -2.37. The van der Waals surface area contributed by atoms with Crippen LogP contribution in [0, 0.1) is 11.6 Å². The Morgan fingerprint density at radius 1 is 1.26 bits per heavy atom. The van der Waals surface area contributed by atoms with Gasteiger partial charge in [0.2, 0.25) is 0 Å². The van der Waals surface area contributed by atoms with Crippen molar-refractivity contribution in [2.24, 2.45) is 0 Å². The maximum Gasteiger partial charge on any atom is 0.433 e. The molecule has 2 aromatic rings. The summed E-state index contributed by atoms with van der Waals surface area (Å²) in [6, 6.07) is 1.37. The quantitative estimate of drug-likeness (QED) is 0.759. The number of nitrogens with zero attached hydrogens (tertiary/aromatic N) is 2. The molecule has 1 N–H and O–H groups in total. The zero-order valence-electron chi connectivity index (χ0n) is 14.8. The number of benzene rings is 1. The van der Waals surface area contributed by atoms with Gasteiger partial charge in [-0.05, 0) is 32.9 Å². The number of aromatic nitrogens is 2. The number of carbonyl (C=O) groups excluding carboxylic acids is 1. The maximum absolute atomic E-state index is 13.5. The molecule has 1 unspecified atom stereocenters. The molecule has 1 amide bonds. The van der Waals surface area contributed by atoms with Gasteiger partial charge in [-0.15, -0.1) is 0 Å². The first-order valence-electron chi connectivity index (χ1n) is 8.04. The molecule has 10 heteroatoms. The second kappa shape index (κ2) is 7.93. The number of hydrogen-bond donors (Lipinski definition) is 1. The highest BCUT2D eigenvalue weighted by atomic mass is 19.4. The maximum atomic E-state index is 13.5. The van der Waals surface area contributed by atoms with E-state index in [1.54, 1.807) is 0 Å². The van der Waals surface area contributed by atoms with Crippen molar-refractivity contribution in [1.82, 2.24) is 15.1 Å². The normalized spacial score (nSPS) is 12.9. The third-order valence-corrected chi connectivity index (χ3v) is 3.56. The monoisotopic (exact) mass is 391 g/mol. The molecule has 0 aliphatic carbocycles. The van der Waals surface area contributed by atoms with Crippen molar-refractivity contribution in [3.05, 3.63) is 47.3 Å². The molecule has 0 aliphatic rings. The van der Waals surface area contributed by atoms with Crippen molar-refractivity contribution >= 4 is 5.91 Å². The van der Waals surface area contributed by atoms with E-state index in [0.717, 1.165) is 23.0 Å². The number of alkyl halides is 3. The molecule has 148 valence electrons. The molecule has 0 fully saturated rings. The lowest BCUT2D eigenvalue weighted by molar-refractivity contribution is -0.145. The van der Waals surface area contributed by atoms with E-state index in [1.165, 1.54) is 20.8 Å². The van der Waals surface area contributed by atoms with E-state index in [9.17, 15) is 26.7 Å². The van der Waals surface area contributed by atoms with Crippen LogP contribution in [0.5, 0.6) is 5.75 Å². The molecular formula is C17H18F5N3O2. The molecule has 0 radical (unpaired) electrons. The molecule has 1 atom stereocenters. The summed E-state index contributed by atoms with van der Waals surface area (Å²) in [5, 5.41) is 5.99. The van der Waals surface area contributed by atoms with Crippen molar-refractivity contribution in [1.29, 1.82) is 0 Å². The Morgan fingerprint density at radius 2 is 1.93 bits per heavy atom. The Balaban J connectivity index is 2.08. The predicted octanol–water partition coefficient (Wildman–Crippen LogP) is 3.96. The van der Waals surface area contributed by atoms with E-state index in [-0.39, 0.29) is 12.4 Å². The van der Waals surface area contributed by atoms with E-state index in [4.69, 9.17) is 4.74 Å². The van der Waals surface area contributed by atoms with E-state index in [2.05, 4.69) is 10.4 Å². The summed E-state index contributed by atoms with van der Waals surface area (Å²) in [7, 11) is 0. The van der Waals surface area contributed by atoms with Crippen LogP contribution in [0.4, 0.5) is 22.0 Å². The van der Waals surface area contributed by atoms with Crippen LogP contribution < -0.4 is 10.1 Å². The van der Waals surface area contributed by atoms with Gasteiger partial charge in [0, 0.05) is 12.1 Å². The van der Waals surface area contributed by atoms with Crippen molar-refractivity contribution in [3.8, 4) is 5.75 Å². The Morgan fingerprint density at radius 3 is 2.48 bits per heavy atom. The Labute approximate surface area is 152 Å². The summed E-state index contributed by atoms with van der Waals surface area (Å²) < 4.78 is 72.1. The summed E-state index contributed by atoms with van der Waals surface area (Å²) in [6.07, 6.45) is -3.91. The van der Waals surface area contributed by atoms with E-state index >= 15 is 0 Å². The van der Waals surface area contributed by atoms with Crippen molar-refractivity contribution in [2.75, 3.05) is 6.61 Å². The molecule has 2 rings (SSSR count). The number of amides is 1. The zero-order valence-corrected chi connectivity index (χ0v) is 14.8. The van der Waals surface area contributed by atoms with Gasteiger partial charge in [0.1, 0.15) is 12.4 Å². The summed E-state index contributed by atoms with van der Waals surface area (Å²) >= 11 is 0. The Kier molecular flexibility index (Phi) is 6.07. The largest absolute Gasteiger partial charge is 0.488 e. The molecule has 5 nitrogen and oxygen atoms in total. The van der Waals surface area contributed by atoms with Crippen LogP contribution in [-0.2, 0) is 6.18 Å². The Bertz CT molecular complexity index is 817. The predicted molar refractivity (Wildman–Crippen MR) is 86.4 cm³/mol. The van der Waals surface area contributed by atoms with Gasteiger partial charge in [0.05, 0.1) is 17.8 Å². The van der Waals surface area contributed by atoms with Gasteiger partial charge >= 0.3 is 6.18 Å². The SMILES string of the molecule is CC(COc1ccc(F)cc1F)NC(=O)c1cnn(C(C)C)c1C(F)(F)F. The van der Waals surface area contributed by atoms with Crippen LogP contribution in [-0.4, -0.2) is 28.3 Å². The van der Waals surface area contributed by atoms with Gasteiger partial charge in [-0.2, -0.15) is 18.3 Å². The fourth-order valence-electron chi connectivity index (χ4n) is 2.35. The molecule has 0 aliphatic heterocycles. The summed E-state index contributed by atoms with van der Waals surface area (Å²) in [4.78, 5) is 12.2. The van der Waals surface area contributed by atoms with E-state index < -0.39 is 47.1 Å². The fraction of sp³-hybridized carbons (Fsp3) is 0.412. The highest BCUT2D eigenvalue weighted by Gasteiger charge is 2.40. The first kappa shape index (κ1) is 20.7. The van der Waals surface area contributed by atoms with Gasteiger partial charge in [-0.25, -0.2) is 8.78 Å². The zero-order chi connectivity index (χ0) is 20.4. The molecule has 0 saturated heterocycles. The van der Waals surface area contributed by atoms with Crippen LogP contribution in [0.15, 0.2) is 24.4 Å². The molecule has 27 heavy (non-hydrogen) atoms. The minimum absolute atomic E-state index is 0.228. The number of carbonyl (C=O) groups is 1. The van der Waals surface area contributed by atoms with Gasteiger partial charge in [-0.1, -0.05) is 0 Å². The first-order valence-corrected chi connectivity index (χ1v) is 8.04. The van der Waals surface area contributed by atoms with Gasteiger partial charge < -0.3 is 10.1 Å². The Hall–Kier alpha value is -2.65. The molecular weight excluding hydrogens is 373 g/mol. The highest BCUT2D eigenvalue weighted by Crippen LogP contribution is 2.33. The average molecular weight is 391 g/mol. The second-order valence-corrected chi connectivity index (χ2v) is 6.20. The van der Waals surface area contributed by atoms with Crippen LogP contribution >= 0.6 is 0 Å². The topological polar surface area (TPSA) is 56.1 Å². The number of ether oxygens (including phenoxy) is 1. The molecule has 1 aromatic heterocycles. The lowest BCUT2D eigenvalue weighted by atomic mass is 10.2. The molecule has 0 bridgehead atoms. The van der Waals surface area contributed by atoms with Gasteiger partial charge in [0.15, 0.2) is 17.3 Å². The smallest absolute Gasteiger partial charge is 0.433 e. The second-order valence-electron chi connectivity index (χ2n) is 6.20. The van der Waals surface area contributed by atoms with Crippen LogP contribution in [0.2, 0.25) is 0 Å². The van der Waals surface area contributed by atoms with E-state index in [1.807, 2.05) is 0 Å². The first-order chi connectivity index (χ1) is 12.5. The number of halogens is 5. The number of hydrogen-bond acceptors (Lipinski definition) is 3. The van der Waals surface area contributed by atoms with Crippen LogP contribution in [0.3, 0.4) is 0 Å². The molecule has 1 heterocycles. The summed E-state index contributed by atoms with van der Waals surface area (Å²) in [5.74, 6) is -2.92. The molecule has 1 aromatic carbocycles. The lowest BCUT2D eigenvalue weighted by Gasteiger charge is -2.17. The van der Waals surface area contributed by atoms with Gasteiger partial charge in [-0.3, -0.25) is 9.48 Å². The molecule has 0 saturated carbocycles. The standard InChI is InChI=1S/C17H18F5N3O2/c1-9(2)25-15(17(20,21)22)12(7-23-25)16(26)24-10(3)8-27-14-5-4-11(18)6-13(14)19/h4-7,9-10H,8H2,1-3H3,(H,24,26). The number of nitrogens with one attached hydrogen (secondary N) is 1. The third kappa shape index (κ3) is 4.95. The molecule has 0 spiro atoms. The summed E-state index contributed by atoms with van der Waals surface area (Å²) in [5.41, 5.74) is -1.76. The van der Waals surface area contributed by atoms with Crippen molar-refractivity contribution < 1.29 is 31.5 Å². The fourth-order valence-corrected chi connectivity index (χ4v) is 2.35. The minimum atomic E-state index is -4.76. The van der Waals surface area contributed by atoms with Crippen LogP contribution in [0.1, 0.15) is 42.9 Å². The van der Waals surface area contributed by atoms with Crippen molar-refractivity contribution in [3.63, 3.8) is 0 Å². The van der Waals surface area contributed by atoms with Crippen molar-refractivity contribution in [2.45, 2.75) is 39.0 Å². The van der Waals surface area contributed by atoms with E-state index in [0.29, 0.717) is 6.07 Å². The average Bonchev–Trinajstić information content (AvgIpc) is 2.99. The third-order valence-electron chi connectivity index (χ3n) is 3.56.